The van der Waals surface area contributed by atoms with Crippen LogP contribution in [0.4, 0.5) is 0 Å². The number of hydrogen-bond acceptors (Lipinski definition) is 2. The van der Waals surface area contributed by atoms with Gasteiger partial charge in [0, 0.05) is 10.9 Å². The predicted octanol–water partition coefficient (Wildman–Crippen LogP) is 4.51. The van der Waals surface area contributed by atoms with Gasteiger partial charge in [0.05, 0.1) is 5.52 Å². The summed E-state index contributed by atoms with van der Waals surface area (Å²) in [6, 6.07) is 16.1. The lowest BCUT2D eigenvalue weighted by atomic mass is 10.1. The van der Waals surface area contributed by atoms with Crippen molar-refractivity contribution in [3.05, 3.63) is 59.2 Å². The summed E-state index contributed by atoms with van der Waals surface area (Å²) in [6.45, 7) is 2.14. The van der Waals surface area contributed by atoms with Gasteiger partial charge in [0.1, 0.15) is 5.15 Å². The zero-order valence-corrected chi connectivity index (χ0v) is 11.4. The molecule has 0 amide bonds. The van der Waals surface area contributed by atoms with Crippen LogP contribution in [0.1, 0.15) is 12.5 Å². The Kier molecular flexibility index (Phi) is 3.18. The number of benzene rings is 2. The summed E-state index contributed by atoms with van der Waals surface area (Å²) in [7, 11) is 0. The third-order valence-electron chi connectivity index (χ3n) is 3.18. The van der Waals surface area contributed by atoms with E-state index in [1.165, 1.54) is 5.56 Å². The van der Waals surface area contributed by atoms with Crippen molar-refractivity contribution in [3.63, 3.8) is 0 Å². The molecule has 3 heteroatoms. The second-order valence-electron chi connectivity index (χ2n) is 4.41. The van der Waals surface area contributed by atoms with Gasteiger partial charge in [0.25, 0.3) is 0 Å². The molecule has 3 rings (SSSR count). The summed E-state index contributed by atoms with van der Waals surface area (Å²) in [5, 5.41) is 1.39. The fourth-order valence-corrected chi connectivity index (χ4v) is 2.30. The predicted molar refractivity (Wildman–Crippen MR) is 79.4 cm³/mol. The maximum Gasteiger partial charge on any atom is 0.161 e. The highest BCUT2D eigenvalue weighted by Crippen LogP contribution is 2.24. The topological polar surface area (TPSA) is 25.8 Å². The number of hydrogen-bond donors (Lipinski definition) is 0. The SMILES string of the molecule is CCc1ccc(-c2nc(Cl)c3ccccc3n2)cc1. The average Bonchev–Trinajstić information content (AvgIpc) is 2.47. The van der Waals surface area contributed by atoms with E-state index in [2.05, 4.69) is 29.0 Å². The molecule has 2 aromatic carbocycles. The van der Waals surface area contributed by atoms with Gasteiger partial charge in [-0.1, -0.05) is 54.9 Å². The van der Waals surface area contributed by atoms with Gasteiger partial charge in [0.2, 0.25) is 0 Å². The van der Waals surface area contributed by atoms with Crippen LogP contribution in [0.5, 0.6) is 0 Å². The molecule has 1 heterocycles. The van der Waals surface area contributed by atoms with Crippen LogP contribution in [0.25, 0.3) is 22.3 Å². The van der Waals surface area contributed by atoms with Crippen LogP contribution in [-0.4, -0.2) is 9.97 Å². The third-order valence-corrected chi connectivity index (χ3v) is 3.47. The van der Waals surface area contributed by atoms with Gasteiger partial charge in [-0.2, -0.15) is 0 Å². The summed E-state index contributed by atoms with van der Waals surface area (Å²) in [5.41, 5.74) is 3.16. The quantitative estimate of drug-likeness (QED) is 0.639. The number of rotatable bonds is 2. The summed E-state index contributed by atoms with van der Waals surface area (Å²) in [5.74, 6) is 0.673. The molecule has 0 saturated carbocycles. The summed E-state index contributed by atoms with van der Waals surface area (Å²) >= 11 is 6.22. The van der Waals surface area contributed by atoms with Crippen molar-refractivity contribution in [1.82, 2.24) is 9.97 Å². The molecule has 0 atom stereocenters. The van der Waals surface area contributed by atoms with E-state index >= 15 is 0 Å². The van der Waals surface area contributed by atoms with Crippen LogP contribution in [0.15, 0.2) is 48.5 Å². The molecule has 19 heavy (non-hydrogen) atoms. The van der Waals surface area contributed by atoms with Gasteiger partial charge in [-0.05, 0) is 24.1 Å². The van der Waals surface area contributed by atoms with E-state index in [0.717, 1.165) is 22.9 Å². The van der Waals surface area contributed by atoms with E-state index in [-0.39, 0.29) is 0 Å². The number of halogens is 1. The Morgan fingerprint density at radius 2 is 1.68 bits per heavy atom. The van der Waals surface area contributed by atoms with Crippen LogP contribution in [0, 0.1) is 0 Å². The fourth-order valence-electron chi connectivity index (χ4n) is 2.06. The van der Waals surface area contributed by atoms with Crippen molar-refractivity contribution >= 4 is 22.5 Å². The van der Waals surface area contributed by atoms with Crippen LogP contribution in [-0.2, 0) is 6.42 Å². The smallest absolute Gasteiger partial charge is 0.161 e. The van der Waals surface area contributed by atoms with Crippen molar-refractivity contribution in [2.45, 2.75) is 13.3 Å². The van der Waals surface area contributed by atoms with Crippen LogP contribution >= 0.6 is 11.6 Å². The first-order chi connectivity index (χ1) is 9.28. The number of aromatic nitrogens is 2. The molecule has 0 N–H and O–H groups in total. The molecular weight excluding hydrogens is 256 g/mol. The second kappa shape index (κ2) is 4.98. The normalized spacial score (nSPS) is 10.8. The summed E-state index contributed by atoms with van der Waals surface area (Å²) in [4.78, 5) is 8.95. The third kappa shape index (κ3) is 2.32. The minimum Gasteiger partial charge on any atom is -0.228 e. The monoisotopic (exact) mass is 268 g/mol. The molecule has 0 radical (unpaired) electrons. The first kappa shape index (κ1) is 12.1. The highest BCUT2D eigenvalue weighted by molar-refractivity contribution is 6.34. The zero-order chi connectivity index (χ0) is 13.2. The van der Waals surface area contributed by atoms with Crippen molar-refractivity contribution < 1.29 is 0 Å². The first-order valence-corrected chi connectivity index (χ1v) is 6.67. The molecule has 0 aliphatic carbocycles. The van der Waals surface area contributed by atoms with Gasteiger partial charge in [0.15, 0.2) is 5.82 Å². The minimum absolute atomic E-state index is 0.500. The molecule has 0 bridgehead atoms. The molecule has 0 saturated heterocycles. The summed E-state index contributed by atoms with van der Waals surface area (Å²) in [6.07, 6.45) is 1.03. The van der Waals surface area contributed by atoms with E-state index in [1.54, 1.807) is 0 Å². The van der Waals surface area contributed by atoms with E-state index in [4.69, 9.17) is 11.6 Å². The number of para-hydroxylation sites is 1. The van der Waals surface area contributed by atoms with Crippen molar-refractivity contribution in [2.24, 2.45) is 0 Å². The lowest BCUT2D eigenvalue weighted by Gasteiger charge is -2.05. The van der Waals surface area contributed by atoms with Crippen LogP contribution < -0.4 is 0 Å². The highest BCUT2D eigenvalue weighted by atomic mass is 35.5. The van der Waals surface area contributed by atoms with E-state index < -0.39 is 0 Å². The molecule has 3 aromatic rings. The van der Waals surface area contributed by atoms with E-state index in [0.29, 0.717) is 11.0 Å². The van der Waals surface area contributed by atoms with E-state index in [1.807, 2.05) is 36.4 Å². The second-order valence-corrected chi connectivity index (χ2v) is 4.76. The number of aryl methyl sites for hydroxylation is 1. The molecule has 2 nitrogen and oxygen atoms in total. The molecule has 0 fully saturated rings. The maximum atomic E-state index is 6.22. The Morgan fingerprint density at radius 1 is 0.947 bits per heavy atom. The van der Waals surface area contributed by atoms with Gasteiger partial charge < -0.3 is 0 Å². The molecular formula is C16H13ClN2. The van der Waals surface area contributed by atoms with Crippen molar-refractivity contribution in [2.75, 3.05) is 0 Å². The number of nitrogens with zero attached hydrogens (tertiary/aromatic N) is 2. The lowest BCUT2D eigenvalue weighted by Crippen LogP contribution is -1.92. The average molecular weight is 269 g/mol. The van der Waals surface area contributed by atoms with Gasteiger partial charge in [-0.25, -0.2) is 9.97 Å². The van der Waals surface area contributed by atoms with Gasteiger partial charge in [-0.3, -0.25) is 0 Å². The van der Waals surface area contributed by atoms with E-state index in [9.17, 15) is 0 Å². The zero-order valence-electron chi connectivity index (χ0n) is 10.6. The standard InChI is InChI=1S/C16H13ClN2/c1-2-11-7-9-12(10-8-11)16-18-14-6-4-3-5-13(14)15(17)19-16/h3-10H,2H2,1H3. The Labute approximate surface area is 117 Å². The Balaban J connectivity index is 2.14. The Hall–Kier alpha value is -1.93. The largest absolute Gasteiger partial charge is 0.228 e. The molecule has 0 spiro atoms. The van der Waals surface area contributed by atoms with Crippen LogP contribution in [0.3, 0.4) is 0 Å². The highest BCUT2D eigenvalue weighted by Gasteiger charge is 2.07. The van der Waals surface area contributed by atoms with Crippen LogP contribution in [0.2, 0.25) is 5.15 Å². The van der Waals surface area contributed by atoms with Crippen molar-refractivity contribution in [1.29, 1.82) is 0 Å². The molecule has 0 aliphatic heterocycles. The maximum absolute atomic E-state index is 6.22. The summed E-state index contributed by atoms with van der Waals surface area (Å²) < 4.78 is 0. The molecule has 1 aromatic heterocycles. The number of fused-ring (bicyclic) bond motifs is 1. The minimum atomic E-state index is 0.500. The Bertz CT molecular complexity index is 720. The molecule has 0 unspecified atom stereocenters. The van der Waals surface area contributed by atoms with Gasteiger partial charge in [-0.15, -0.1) is 0 Å². The Morgan fingerprint density at radius 3 is 2.42 bits per heavy atom. The molecule has 94 valence electrons. The first-order valence-electron chi connectivity index (χ1n) is 6.29. The lowest BCUT2D eigenvalue weighted by molar-refractivity contribution is 1.14. The van der Waals surface area contributed by atoms with Crippen molar-refractivity contribution in [3.8, 4) is 11.4 Å². The van der Waals surface area contributed by atoms with Gasteiger partial charge >= 0.3 is 0 Å². The molecule has 0 aliphatic rings. The fraction of sp³-hybridized carbons (Fsp3) is 0.125.